The average molecular weight is 230 g/mol. The first-order valence-corrected chi connectivity index (χ1v) is 5.65. The largest absolute Gasteiger partial charge is 0.352 e. The van der Waals surface area contributed by atoms with Crippen LogP contribution in [0.25, 0.3) is 0 Å². The van der Waals surface area contributed by atoms with E-state index in [1.807, 2.05) is 19.9 Å². The summed E-state index contributed by atoms with van der Waals surface area (Å²) in [4.78, 5) is 12.7. The van der Waals surface area contributed by atoms with Crippen LogP contribution in [0.15, 0.2) is 18.5 Å². The van der Waals surface area contributed by atoms with Crippen LogP contribution in [0.3, 0.4) is 0 Å². The molecule has 3 heterocycles. The van der Waals surface area contributed by atoms with Gasteiger partial charge in [0.25, 0.3) is 0 Å². The third-order valence-electron chi connectivity index (χ3n) is 2.90. The highest BCUT2D eigenvalue weighted by Crippen LogP contribution is 2.25. The van der Waals surface area contributed by atoms with E-state index in [4.69, 9.17) is 0 Å². The maximum Gasteiger partial charge on any atom is 0.132 e. The number of aromatic nitrogens is 5. The Morgan fingerprint density at radius 3 is 2.47 bits per heavy atom. The van der Waals surface area contributed by atoms with Crippen molar-refractivity contribution in [1.82, 2.24) is 25.0 Å². The summed E-state index contributed by atoms with van der Waals surface area (Å²) >= 11 is 0. The Hall–Kier alpha value is -1.98. The van der Waals surface area contributed by atoms with Crippen molar-refractivity contribution in [3.05, 3.63) is 30.0 Å². The number of rotatable bonds is 2. The molecule has 0 bridgehead atoms. The lowest BCUT2D eigenvalue weighted by Crippen LogP contribution is -2.49. The molecule has 1 saturated heterocycles. The van der Waals surface area contributed by atoms with Gasteiger partial charge in [0.1, 0.15) is 17.7 Å². The minimum absolute atomic E-state index is 0.362. The Morgan fingerprint density at radius 1 is 1.12 bits per heavy atom. The van der Waals surface area contributed by atoms with Crippen molar-refractivity contribution in [3.63, 3.8) is 0 Å². The van der Waals surface area contributed by atoms with Crippen molar-refractivity contribution < 1.29 is 0 Å². The monoisotopic (exact) mass is 230 g/mol. The van der Waals surface area contributed by atoms with E-state index < -0.39 is 0 Å². The number of hydrogen-bond donors (Lipinski definition) is 0. The summed E-state index contributed by atoms with van der Waals surface area (Å²) in [7, 11) is 0. The third-order valence-corrected chi connectivity index (χ3v) is 2.90. The zero-order valence-corrected chi connectivity index (χ0v) is 9.91. The van der Waals surface area contributed by atoms with Gasteiger partial charge in [0, 0.05) is 24.8 Å². The van der Waals surface area contributed by atoms with Crippen molar-refractivity contribution in [2.24, 2.45) is 0 Å². The van der Waals surface area contributed by atoms with E-state index in [0.717, 1.165) is 30.4 Å². The van der Waals surface area contributed by atoms with E-state index in [0.29, 0.717) is 6.04 Å². The lowest BCUT2D eigenvalue weighted by atomic mass is 10.1. The molecule has 88 valence electrons. The van der Waals surface area contributed by atoms with E-state index in [9.17, 15) is 0 Å². The predicted molar refractivity (Wildman–Crippen MR) is 62.8 cm³/mol. The Kier molecular flexibility index (Phi) is 2.28. The van der Waals surface area contributed by atoms with Gasteiger partial charge in [-0.3, -0.25) is 0 Å². The van der Waals surface area contributed by atoms with Gasteiger partial charge in [0.05, 0.1) is 12.4 Å². The van der Waals surface area contributed by atoms with Gasteiger partial charge in [-0.15, -0.1) is 0 Å². The highest BCUT2D eigenvalue weighted by Gasteiger charge is 2.30. The second-order valence-electron chi connectivity index (χ2n) is 4.32. The van der Waals surface area contributed by atoms with E-state index in [1.165, 1.54) is 0 Å². The van der Waals surface area contributed by atoms with Crippen LogP contribution in [-0.2, 0) is 0 Å². The van der Waals surface area contributed by atoms with Gasteiger partial charge in [-0.2, -0.15) is 15.0 Å². The lowest BCUT2D eigenvalue weighted by Gasteiger charge is -2.39. The Bertz CT molecular complexity index is 495. The second kappa shape index (κ2) is 3.80. The maximum atomic E-state index is 4.44. The van der Waals surface area contributed by atoms with E-state index >= 15 is 0 Å². The van der Waals surface area contributed by atoms with E-state index in [2.05, 4.69) is 25.1 Å². The lowest BCUT2D eigenvalue weighted by molar-refractivity contribution is 0.330. The molecular formula is C11H14N6. The SMILES string of the molecule is Cc1cc(N2CC(n3nccn3)C2)nc(C)n1. The first kappa shape index (κ1) is 10.2. The zero-order valence-electron chi connectivity index (χ0n) is 9.91. The van der Waals surface area contributed by atoms with Crippen LogP contribution >= 0.6 is 0 Å². The minimum Gasteiger partial charge on any atom is -0.352 e. The van der Waals surface area contributed by atoms with E-state index in [-0.39, 0.29) is 0 Å². The Morgan fingerprint density at radius 2 is 1.82 bits per heavy atom. The van der Waals surface area contributed by atoms with Crippen LogP contribution in [0.1, 0.15) is 17.6 Å². The molecule has 1 aliphatic rings. The predicted octanol–water partition coefficient (Wildman–Crippen LogP) is 0.746. The fraction of sp³-hybridized carbons (Fsp3) is 0.455. The quantitative estimate of drug-likeness (QED) is 0.761. The molecule has 1 aliphatic heterocycles. The summed E-state index contributed by atoms with van der Waals surface area (Å²) in [6.45, 7) is 5.72. The van der Waals surface area contributed by atoms with Crippen LogP contribution in [0, 0.1) is 13.8 Å². The minimum atomic E-state index is 0.362. The topological polar surface area (TPSA) is 59.7 Å². The van der Waals surface area contributed by atoms with Gasteiger partial charge in [0.2, 0.25) is 0 Å². The average Bonchev–Trinajstić information content (AvgIpc) is 2.66. The molecule has 3 rings (SSSR count). The van der Waals surface area contributed by atoms with Crippen LogP contribution in [0.2, 0.25) is 0 Å². The molecule has 6 heteroatoms. The standard InChI is InChI=1S/C11H14N6/c1-8-5-11(15-9(2)14-8)16-6-10(7-16)17-12-3-4-13-17/h3-5,10H,6-7H2,1-2H3. The molecule has 2 aromatic rings. The molecule has 0 radical (unpaired) electrons. The maximum absolute atomic E-state index is 4.44. The van der Waals surface area contributed by atoms with Crippen molar-refractivity contribution >= 4 is 5.82 Å². The van der Waals surface area contributed by atoms with Crippen molar-refractivity contribution in [1.29, 1.82) is 0 Å². The summed E-state index contributed by atoms with van der Waals surface area (Å²) in [5, 5.41) is 8.30. The third kappa shape index (κ3) is 1.86. The number of anilines is 1. The smallest absolute Gasteiger partial charge is 0.132 e. The molecule has 1 fully saturated rings. The summed E-state index contributed by atoms with van der Waals surface area (Å²) < 4.78 is 0. The van der Waals surface area contributed by atoms with Crippen LogP contribution in [0.4, 0.5) is 5.82 Å². The molecule has 0 amide bonds. The van der Waals surface area contributed by atoms with Gasteiger partial charge in [-0.05, 0) is 13.8 Å². The molecule has 6 nitrogen and oxygen atoms in total. The molecule has 0 spiro atoms. The van der Waals surface area contributed by atoms with Gasteiger partial charge in [-0.25, -0.2) is 9.97 Å². The first-order chi connectivity index (χ1) is 8.22. The Balaban J connectivity index is 1.73. The van der Waals surface area contributed by atoms with Crippen molar-refractivity contribution in [3.8, 4) is 0 Å². The molecule has 2 aromatic heterocycles. The normalized spacial score (nSPS) is 16.0. The van der Waals surface area contributed by atoms with Crippen LogP contribution in [0.5, 0.6) is 0 Å². The number of aryl methyl sites for hydroxylation is 2. The van der Waals surface area contributed by atoms with Crippen molar-refractivity contribution in [2.75, 3.05) is 18.0 Å². The Labute approximate surface area is 99.3 Å². The number of nitrogens with zero attached hydrogens (tertiary/aromatic N) is 6. The van der Waals surface area contributed by atoms with Gasteiger partial charge >= 0.3 is 0 Å². The molecule has 17 heavy (non-hydrogen) atoms. The van der Waals surface area contributed by atoms with Crippen LogP contribution < -0.4 is 4.90 Å². The van der Waals surface area contributed by atoms with Gasteiger partial charge in [0.15, 0.2) is 0 Å². The molecule has 0 aromatic carbocycles. The number of hydrogen-bond acceptors (Lipinski definition) is 5. The van der Waals surface area contributed by atoms with Crippen LogP contribution in [-0.4, -0.2) is 38.1 Å². The van der Waals surface area contributed by atoms with Gasteiger partial charge in [-0.1, -0.05) is 0 Å². The molecule has 0 atom stereocenters. The van der Waals surface area contributed by atoms with E-state index in [1.54, 1.807) is 17.2 Å². The molecule has 0 saturated carbocycles. The highest BCUT2D eigenvalue weighted by molar-refractivity contribution is 5.42. The second-order valence-corrected chi connectivity index (χ2v) is 4.32. The summed E-state index contributed by atoms with van der Waals surface area (Å²) in [5.41, 5.74) is 1.01. The molecule has 0 unspecified atom stereocenters. The van der Waals surface area contributed by atoms with Gasteiger partial charge < -0.3 is 4.90 Å². The highest BCUT2D eigenvalue weighted by atomic mass is 15.5. The fourth-order valence-corrected chi connectivity index (χ4v) is 2.06. The van der Waals surface area contributed by atoms with Crippen molar-refractivity contribution in [2.45, 2.75) is 19.9 Å². The first-order valence-electron chi connectivity index (χ1n) is 5.65. The fourth-order valence-electron chi connectivity index (χ4n) is 2.06. The zero-order chi connectivity index (χ0) is 11.8. The molecule has 0 N–H and O–H groups in total. The molecular weight excluding hydrogens is 216 g/mol. The summed E-state index contributed by atoms with van der Waals surface area (Å²) in [6.07, 6.45) is 3.42. The summed E-state index contributed by atoms with van der Waals surface area (Å²) in [5.74, 6) is 1.82. The molecule has 0 aliphatic carbocycles. The summed E-state index contributed by atoms with van der Waals surface area (Å²) in [6, 6.07) is 2.38.